The molecule has 0 bridgehead atoms. The molecule has 0 heterocycles. The summed E-state index contributed by atoms with van der Waals surface area (Å²) in [6.07, 6.45) is 0.677. The summed E-state index contributed by atoms with van der Waals surface area (Å²) in [5, 5.41) is 0. The van der Waals surface area contributed by atoms with Gasteiger partial charge in [0.25, 0.3) is 5.97 Å². The van der Waals surface area contributed by atoms with Crippen LogP contribution in [0.3, 0.4) is 0 Å². The van der Waals surface area contributed by atoms with E-state index in [1.54, 1.807) is 21.3 Å². The van der Waals surface area contributed by atoms with Gasteiger partial charge >= 0.3 is 0 Å². The third-order valence-corrected chi connectivity index (χ3v) is 1.37. The molecule has 0 saturated carbocycles. The van der Waals surface area contributed by atoms with Gasteiger partial charge in [0, 0.05) is 21.3 Å². The summed E-state index contributed by atoms with van der Waals surface area (Å²) < 4.78 is 14.8. The maximum atomic E-state index is 4.94. The van der Waals surface area contributed by atoms with Crippen molar-refractivity contribution < 1.29 is 14.2 Å². The third-order valence-electron chi connectivity index (χ3n) is 1.37. The molecule has 0 atom stereocenters. The third kappa shape index (κ3) is 1.97. The van der Waals surface area contributed by atoms with E-state index in [2.05, 4.69) is 0 Å². The van der Waals surface area contributed by atoms with Gasteiger partial charge in [0.15, 0.2) is 0 Å². The molecule has 0 saturated heterocycles. The molecule has 0 aromatic heterocycles. The quantitative estimate of drug-likeness (QED) is 0.385. The average Bonchev–Trinajstić information content (AvgIpc) is 1.95. The van der Waals surface area contributed by atoms with Crippen LogP contribution in [0.15, 0.2) is 0 Å². The Kier molecular flexibility index (Phi) is 3.85. The molecule has 9 heavy (non-hydrogen) atoms. The molecule has 0 aromatic carbocycles. The van der Waals surface area contributed by atoms with E-state index < -0.39 is 5.97 Å². The second-order valence-electron chi connectivity index (χ2n) is 1.65. The first-order valence-corrected chi connectivity index (χ1v) is 2.90. The fourth-order valence-electron chi connectivity index (χ4n) is 0.683. The first kappa shape index (κ1) is 8.94. The van der Waals surface area contributed by atoms with Crippen molar-refractivity contribution in [2.24, 2.45) is 0 Å². The Hall–Kier alpha value is -0.0551. The lowest BCUT2D eigenvalue weighted by molar-refractivity contribution is -0.339. The van der Waals surface area contributed by atoms with E-state index in [9.17, 15) is 0 Å². The SMILES string of the molecule is BCC(OC)(OC)OC. The lowest BCUT2D eigenvalue weighted by Crippen LogP contribution is -2.35. The summed E-state index contributed by atoms with van der Waals surface area (Å²) in [5.74, 6) is -0.833. The zero-order valence-electron chi connectivity index (χ0n) is 6.43. The predicted molar refractivity (Wildman–Crippen MR) is 37.1 cm³/mol. The Morgan fingerprint density at radius 1 is 1.11 bits per heavy atom. The highest BCUT2D eigenvalue weighted by molar-refractivity contribution is 6.09. The molecule has 0 radical (unpaired) electrons. The zero-order chi connectivity index (χ0) is 7.33. The molecule has 4 heteroatoms. The van der Waals surface area contributed by atoms with Gasteiger partial charge in [-0.05, 0) is 6.32 Å². The van der Waals surface area contributed by atoms with Gasteiger partial charge in [-0.3, -0.25) is 0 Å². The van der Waals surface area contributed by atoms with Gasteiger partial charge in [-0.1, -0.05) is 0 Å². The Morgan fingerprint density at radius 3 is 1.44 bits per heavy atom. The van der Waals surface area contributed by atoms with E-state index >= 15 is 0 Å². The van der Waals surface area contributed by atoms with Crippen LogP contribution in [-0.2, 0) is 14.2 Å². The Labute approximate surface area is 56.7 Å². The second-order valence-corrected chi connectivity index (χ2v) is 1.65. The van der Waals surface area contributed by atoms with Crippen molar-refractivity contribution in [3.8, 4) is 0 Å². The number of hydrogen-bond acceptors (Lipinski definition) is 3. The lowest BCUT2D eigenvalue weighted by Gasteiger charge is -2.26. The molecule has 0 aliphatic carbocycles. The molecule has 0 aromatic rings. The molecule has 0 amide bonds. The number of rotatable bonds is 4. The van der Waals surface area contributed by atoms with Crippen molar-refractivity contribution in [1.29, 1.82) is 0 Å². The molecule has 0 aliphatic heterocycles. The van der Waals surface area contributed by atoms with Crippen LogP contribution in [0.1, 0.15) is 0 Å². The normalized spacial score (nSPS) is 11.9. The minimum Gasteiger partial charge on any atom is -0.331 e. The number of hydrogen-bond donors (Lipinski definition) is 0. The minimum absolute atomic E-state index is 0.677. The fraction of sp³-hybridized carbons (Fsp3) is 1.00. The standard InChI is InChI=1S/C5H13BO3/c1-7-5(4-6,8-2)9-3/h4,6H2,1-3H3. The molecule has 0 unspecified atom stereocenters. The maximum Gasteiger partial charge on any atom is 0.274 e. The monoisotopic (exact) mass is 132 g/mol. The second kappa shape index (κ2) is 3.87. The Balaban J connectivity index is 3.82. The van der Waals surface area contributed by atoms with E-state index in [0.29, 0.717) is 6.32 Å². The van der Waals surface area contributed by atoms with Gasteiger partial charge in [0.2, 0.25) is 0 Å². The molecular weight excluding hydrogens is 119 g/mol. The molecule has 54 valence electrons. The highest BCUT2D eigenvalue weighted by atomic mass is 16.9. The zero-order valence-corrected chi connectivity index (χ0v) is 6.43. The summed E-state index contributed by atoms with van der Waals surface area (Å²) in [6, 6.07) is 0. The molecule has 0 rings (SSSR count). The molecule has 0 aliphatic rings. The van der Waals surface area contributed by atoms with Crippen LogP contribution in [0.25, 0.3) is 0 Å². The van der Waals surface area contributed by atoms with Gasteiger partial charge in [-0.25, -0.2) is 0 Å². The van der Waals surface area contributed by atoms with E-state index in [4.69, 9.17) is 14.2 Å². The van der Waals surface area contributed by atoms with Gasteiger partial charge in [0.05, 0.1) is 0 Å². The molecular formula is C5H13BO3. The smallest absolute Gasteiger partial charge is 0.274 e. The van der Waals surface area contributed by atoms with Crippen LogP contribution in [0.2, 0.25) is 6.32 Å². The van der Waals surface area contributed by atoms with Crippen LogP contribution >= 0.6 is 0 Å². The van der Waals surface area contributed by atoms with E-state index in [1.165, 1.54) is 0 Å². The van der Waals surface area contributed by atoms with E-state index in [0.717, 1.165) is 0 Å². The highest BCUT2D eigenvalue weighted by Crippen LogP contribution is 2.14. The van der Waals surface area contributed by atoms with Crippen molar-refractivity contribution in [2.45, 2.75) is 12.3 Å². The van der Waals surface area contributed by atoms with E-state index in [1.807, 2.05) is 7.85 Å². The van der Waals surface area contributed by atoms with Crippen LogP contribution in [0, 0.1) is 0 Å². The fourth-order valence-corrected chi connectivity index (χ4v) is 0.683. The number of methoxy groups -OCH3 is 3. The molecule has 3 nitrogen and oxygen atoms in total. The predicted octanol–water partition coefficient (Wildman–Crippen LogP) is -0.369. The average molecular weight is 132 g/mol. The number of ether oxygens (including phenoxy) is 3. The van der Waals surface area contributed by atoms with Crippen LogP contribution < -0.4 is 0 Å². The molecule has 0 fully saturated rings. The minimum atomic E-state index is -0.833. The molecule has 0 N–H and O–H groups in total. The van der Waals surface area contributed by atoms with Crippen molar-refractivity contribution in [1.82, 2.24) is 0 Å². The van der Waals surface area contributed by atoms with Crippen LogP contribution in [-0.4, -0.2) is 35.1 Å². The first-order chi connectivity index (χ1) is 4.24. The van der Waals surface area contributed by atoms with Gasteiger partial charge in [-0.2, -0.15) is 0 Å². The Bertz CT molecular complexity index is 55.1. The molecule has 0 spiro atoms. The van der Waals surface area contributed by atoms with Crippen molar-refractivity contribution in [3.05, 3.63) is 0 Å². The summed E-state index contributed by atoms with van der Waals surface area (Å²) in [6.45, 7) is 0. The summed E-state index contributed by atoms with van der Waals surface area (Å²) >= 11 is 0. The van der Waals surface area contributed by atoms with E-state index in [-0.39, 0.29) is 0 Å². The summed E-state index contributed by atoms with van der Waals surface area (Å²) in [5.41, 5.74) is 0. The van der Waals surface area contributed by atoms with Crippen LogP contribution in [0.5, 0.6) is 0 Å². The van der Waals surface area contributed by atoms with Crippen LogP contribution in [0.4, 0.5) is 0 Å². The Morgan fingerprint density at radius 2 is 1.44 bits per heavy atom. The summed E-state index contributed by atoms with van der Waals surface area (Å²) in [4.78, 5) is 0. The maximum absolute atomic E-state index is 4.94. The topological polar surface area (TPSA) is 27.7 Å². The van der Waals surface area contributed by atoms with Crippen molar-refractivity contribution >= 4 is 7.85 Å². The largest absolute Gasteiger partial charge is 0.331 e. The van der Waals surface area contributed by atoms with Crippen molar-refractivity contribution in [3.63, 3.8) is 0 Å². The first-order valence-electron chi connectivity index (χ1n) is 2.90. The summed E-state index contributed by atoms with van der Waals surface area (Å²) in [7, 11) is 6.58. The highest BCUT2D eigenvalue weighted by Gasteiger charge is 2.25. The van der Waals surface area contributed by atoms with Gasteiger partial charge < -0.3 is 14.2 Å². The lowest BCUT2D eigenvalue weighted by atomic mass is 10.0. The van der Waals surface area contributed by atoms with Gasteiger partial charge in [0.1, 0.15) is 7.85 Å². The van der Waals surface area contributed by atoms with Crippen molar-refractivity contribution in [2.75, 3.05) is 21.3 Å². The van der Waals surface area contributed by atoms with Gasteiger partial charge in [-0.15, -0.1) is 0 Å².